The molecule has 1 atom stereocenters. The lowest BCUT2D eigenvalue weighted by molar-refractivity contribution is -0.132. The van der Waals surface area contributed by atoms with Crippen molar-refractivity contribution >= 4 is 40.9 Å². The van der Waals surface area contributed by atoms with Gasteiger partial charge in [0.1, 0.15) is 0 Å². The lowest BCUT2D eigenvalue weighted by Gasteiger charge is -2.30. The van der Waals surface area contributed by atoms with Crippen molar-refractivity contribution in [3.05, 3.63) is 82.9 Å². The topological polar surface area (TPSA) is 104 Å². The van der Waals surface area contributed by atoms with Crippen LogP contribution in [0.4, 0.5) is 5.69 Å². The summed E-state index contributed by atoms with van der Waals surface area (Å²) in [5.74, 6) is 0.640. The summed E-state index contributed by atoms with van der Waals surface area (Å²) in [7, 11) is 0. The summed E-state index contributed by atoms with van der Waals surface area (Å²) < 4.78 is 17.5. The van der Waals surface area contributed by atoms with E-state index in [1.807, 2.05) is 55.5 Å². The van der Waals surface area contributed by atoms with Gasteiger partial charge in [-0.1, -0.05) is 59.8 Å². The Balaban J connectivity index is 1.58. The zero-order chi connectivity index (χ0) is 28.2. The summed E-state index contributed by atoms with van der Waals surface area (Å²) in [5.41, 5.74) is 3.18. The van der Waals surface area contributed by atoms with Gasteiger partial charge in [0.25, 0.3) is 0 Å². The number of benzene rings is 3. The number of thioether (sulfide) groups is 1. The summed E-state index contributed by atoms with van der Waals surface area (Å²) in [6.07, 6.45) is -0.927. The molecule has 1 aliphatic heterocycles. The molecule has 3 aromatic carbocycles. The number of halogens is 1. The normalized spacial score (nSPS) is 13.9. The molecule has 1 aromatic heterocycles. The Morgan fingerprint density at radius 3 is 2.55 bits per heavy atom. The van der Waals surface area contributed by atoms with Gasteiger partial charge in [-0.3, -0.25) is 14.5 Å². The largest absolute Gasteiger partial charge is 0.490 e. The fourth-order valence-corrected chi connectivity index (χ4v) is 5.34. The summed E-state index contributed by atoms with van der Waals surface area (Å²) >= 11 is 7.69. The Morgan fingerprint density at radius 1 is 1.02 bits per heavy atom. The molecule has 1 amide bonds. The predicted octanol–water partition coefficient (Wildman–Crippen LogP) is 6.25. The molecule has 5 rings (SSSR count). The number of esters is 1. The molecule has 0 N–H and O–H groups in total. The third kappa shape index (κ3) is 5.73. The average Bonchev–Trinajstić information content (AvgIpc) is 3.08. The van der Waals surface area contributed by atoms with E-state index in [2.05, 4.69) is 15.2 Å². The van der Waals surface area contributed by atoms with Gasteiger partial charge >= 0.3 is 5.97 Å². The Labute approximate surface area is 240 Å². The molecule has 9 nitrogen and oxygen atoms in total. The zero-order valence-electron chi connectivity index (χ0n) is 22.0. The van der Waals surface area contributed by atoms with E-state index in [1.165, 1.54) is 30.5 Å². The lowest BCUT2D eigenvalue weighted by atomic mass is 10.1. The van der Waals surface area contributed by atoms with Gasteiger partial charge in [0.15, 0.2) is 17.2 Å². The minimum Gasteiger partial charge on any atom is -0.490 e. The van der Waals surface area contributed by atoms with Crippen molar-refractivity contribution in [2.24, 2.45) is 0 Å². The second-order valence-corrected chi connectivity index (χ2v) is 10.1. The summed E-state index contributed by atoms with van der Waals surface area (Å²) in [6, 6.07) is 19.9. The Bertz CT molecular complexity index is 1580. The van der Waals surface area contributed by atoms with E-state index >= 15 is 0 Å². The molecule has 0 fully saturated rings. The van der Waals surface area contributed by atoms with Crippen molar-refractivity contribution in [1.29, 1.82) is 0 Å². The first-order valence-corrected chi connectivity index (χ1v) is 13.8. The van der Waals surface area contributed by atoms with Crippen LogP contribution in [0, 0.1) is 0 Å². The highest BCUT2D eigenvalue weighted by Crippen LogP contribution is 2.44. The molecule has 40 heavy (non-hydrogen) atoms. The van der Waals surface area contributed by atoms with Crippen LogP contribution in [-0.2, 0) is 15.3 Å². The SMILES string of the molecule is CCOc1cc(C2Oc3nc(SCc4ccccc4Cl)nnc3-c3ccccc3N2C(C)=O)ccc1OC(C)=O. The van der Waals surface area contributed by atoms with Crippen molar-refractivity contribution in [3.63, 3.8) is 0 Å². The van der Waals surface area contributed by atoms with Crippen LogP contribution in [0.25, 0.3) is 11.3 Å². The highest BCUT2D eigenvalue weighted by molar-refractivity contribution is 7.98. The Morgan fingerprint density at radius 2 is 1.80 bits per heavy atom. The maximum absolute atomic E-state index is 13.1. The van der Waals surface area contributed by atoms with E-state index in [1.54, 1.807) is 18.2 Å². The van der Waals surface area contributed by atoms with Crippen LogP contribution >= 0.6 is 23.4 Å². The molecule has 0 bridgehead atoms. The third-order valence-electron chi connectivity index (χ3n) is 5.97. The molecule has 0 aliphatic carbocycles. The number of anilines is 1. The summed E-state index contributed by atoms with van der Waals surface area (Å²) in [6.45, 7) is 4.95. The molecular formula is C29H25ClN4O5S. The molecule has 1 aliphatic rings. The Hall–Kier alpha value is -4.15. The number of carbonyl (C=O) groups excluding carboxylic acids is 2. The smallest absolute Gasteiger partial charge is 0.308 e. The first kappa shape index (κ1) is 27.4. The van der Waals surface area contributed by atoms with Crippen LogP contribution in [0.5, 0.6) is 17.4 Å². The van der Waals surface area contributed by atoms with Crippen molar-refractivity contribution in [3.8, 4) is 28.6 Å². The molecular weight excluding hydrogens is 552 g/mol. The van der Waals surface area contributed by atoms with Gasteiger partial charge in [-0.15, -0.1) is 10.2 Å². The minimum absolute atomic E-state index is 0.222. The first-order valence-electron chi connectivity index (χ1n) is 12.5. The third-order valence-corrected chi connectivity index (χ3v) is 7.23. The molecule has 0 radical (unpaired) electrons. The first-order chi connectivity index (χ1) is 19.4. The number of nitrogens with zero attached hydrogens (tertiary/aromatic N) is 4. The number of carbonyl (C=O) groups is 2. The molecule has 4 aromatic rings. The average molecular weight is 577 g/mol. The van der Waals surface area contributed by atoms with E-state index in [0.29, 0.717) is 50.8 Å². The maximum atomic E-state index is 13.1. The number of fused-ring (bicyclic) bond motifs is 3. The molecule has 0 spiro atoms. The number of ether oxygens (including phenoxy) is 3. The standard InChI is InChI=1S/C29H25ClN4O5S/c1-4-37-25-15-19(13-14-24(25)38-18(3)36)28-34(17(2)35)23-12-8-6-10-21(23)26-27(39-28)31-29(33-32-26)40-16-20-9-5-7-11-22(20)30/h5-15,28H,4,16H2,1-3H3. The van der Waals surface area contributed by atoms with E-state index in [4.69, 9.17) is 25.8 Å². The van der Waals surface area contributed by atoms with Crippen LogP contribution in [-0.4, -0.2) is 33.7 Å². The molecule has 2 heterocycles. The number of rotatable bonds is 7. The van der Waals surface area contributed by atoms with Crippen molar-refractivity contribution in [2.45, 2.75) is 37.9 Å². The highest BCUT2D eigenvalue weighted by atomic mass is 35.5. The fourth-order valence-electron chi connectivity index (χ4n) is 4.27. The predicted molar refractivity (Wildman–Crippen MR) is 152 cm³/mol. The second-order valence-electron chi connectivity index (χ2n) is 8.74. The highest BCUT2D eigenvalue weighted by Gasteiger charge is 2.35. The number of hydrogen-bond acceptors (Lipinski definition) is 9. The summed E-state index contributed by atoms with van der Waals surface area (Å²) in [5, 5.41) is 9.84. The van der Waals surface area contributed by atoms with Gasteiger partial charge in [-0.05, 0) is 42.8 Å². The number of amides is 1. The maximum Gasteiger partial charge on any atom is 0.308 e. The van der Waals surface area contributed by atoms with E-state index in [9.17, 15) is 9.59 Å². The quantitative estimate of drug-likeness (QED) is 0.143. The number of para-hydroxylation sites is 1. The number of hydrogen-bond donors (Lipinski definition) is 0. The van der Waals surface area contributed by atoms with Crippen LogP contribution in [0.15, 0.2) is 71.9 Å². The molecule has 0 saturated carbocycles. The van der Waals surface area contributed by atoms with Gasteiger partial charge in [-0.25, -0.2) is 0 Å². The van der Waals surface area contributed by atoms with E-state index < -0.39 is 12.2 Å². The van der Waals surface area contributed by atoms with E-state index in [0.717, 1.165) is 5.56 Å². The monoisotopic (exact) mass is 576 g/mol. The number of aromatic nitrogens is 3. The summed E-state index contributed by atoms with van der Waals surface area (Å²) in [4.78, 5) is 31.0. The molecule has 11 heteroatoms. The van der Waals surface area contributed by atoms with Crippen molar-refractivity contribution in [2.75, 3.05) is 11.5 Å². The Kier molecular flexibility index (Phi) is 8.18. The second kappa shape index (κ2) is 11.9. The zero-order valence-corrected chi connectivity index (χ0v) is 23.5. The van der Waals surface area contributed by atoms with Crippen molar-refractivity contribution in [1.82, 2.24) is 15.2 Å². The lowest BCUT2D eigenvalue weighted by Crippen LogP contribution is -2.36. The van der Waals surface area contributed by atoms with Gasteiger partial charge in [-0.2, -0.15) is 4.98 Å². The molecule has 204 valence electrons. The van der Waals surface area contributed by atoms with Crippen LogP contribution < -0.4 is 19.1 Å². The van der Waals surface area contributed by atoms with Crippen LogP contribution in [0.1, 0.15) is 38.1 Å². The van der Waals surface area contributed by atoms with Gasteiger partial charge in [0.05, 0.1) is 12.3 Å². The fraction of sp³-hybridized carbons (Fsp3) is 0.207. The van der Waals surface area contributed by atoms with Gasteiger partial charge < -0.3 is 14.2 Å². The van der Waals surface area contributed by atoms with Gasteiger partial charge in [0.2, 0.25) is 23.2 Å². The van der Waals surface area contributed by atoms with E-state index in [-0.39, 0.29) is 17.5 Å². The van der Waals surface area contributed by atoms with Gasteiger partial charge in [0, 0.05) is 35.7 Å². The van der Waals surface area contributed by atoms with Crippen LogP contribution in [0.3, 0.4) is 0 Å². The molecule has 1 unspecified atom stereocenters. The van der Waals surface area contributed by atoms with Crippen molar-refractivity contribution < 1.29 is 23.8 Å². The molecule has 0 saturated heterocycles. The minimum atomic E-state index is -0.927. The van der Waals surface area contributed by atoms with Crippen LogP contribution in [0.2, 0.25) is 5.02 Å².